The van der Waals surface area contributed by atoms with Crippen LogP contribution in [0.4, 0.5) is 5.69 Å². The van der Waals surface area contributed by atoms with E-state index in [1.54, 1.807) is 0 Å². The van der Waals surface area contributed by atoms with Gasteiger partial charge in [0.15, 0.2) is 0 Å². The van der Waals surface area contributed by atoms with Gasteiger partial charge in [-0.2, -0.15) is 0 Å². The molecule has 3 heteroatoms. The summed E-state index contributed by atoms with van der Waals surface area (Å²) in [6, 6.07) is 15.1. The molecule has 146 valence electrons. The summed E-state index contributed by atoms with van der Waals surface area (Å²) in [5.41, 5.74) is 7.23. The minimum absolute atomic E-state index is 0.404. The van der Waals surface area contributed by atoms with E-state index in [1.165, 1.54) is 27.9 Å². The van der Waals surface area contributed by atoms with Crippen LogP contribution in [0.3, 0.4) is 0 Å². The highest BCUT2D eigenvalue weighted by molar-refractivity contribution is 7.16. The van der Waals surface area contributed by atoms with Crippen LogP contribution in [0.15, 0.2) is 54.9 Å². The summed E-state index contributed by atoms with van der Waals surface area (Å²) in [7, 11) is 2.76. The van der Waals surface area contributed by atoms with Crippen LogP contribution in [-0.4, -0.2) is 17.9 Å². The molecule has 0 aromatic heterocycles. The van der Waals surface area contributed by atoms with Gasteiger partial charge in [0.25, 0.3) is 0 Å². The highest BCUT2D eigenvalue weighted by atomic mass is 31.0. The van der Waals surface area contributed by atoms with Gasteiger partial charge in [-0.15, -0.1) is 9.24 Å². The monoisotopic (exact) mass is 382 g/mol. The summed E-state index contributed by atoms with van der Waals surface area (Å²) in [4.78, 5) is 4.58. The smallest absolute Gasteiger partial charge is 0.0945 e. The summed E-state index contributed by atoms with van der Waals surface area (Å²) < 4.78 is 0. The SMILES string of the molecule is CC(C)(C)Cc1ccccc1.Cc1cc(C)c(N2C=CN(CP)C2)c(C)c1. The van der Waals surface area contributed by atoms with E-state index in [4.69, 9.17) is 0 Å². The Morgan fingerprint density at radius 3 is 2.00 bits per heavy atom. The normalized spacial score (nSPS) is 13.6. The standard InChI is InChI=1S/C13H19N2P.C11H16/c1-10-6-11(2)13(12(3)7-10)15-5-4-14(8-15)9-16;1-11(2,3)9-10-7-5-4-6-8-10/h4-7H,8-9,16H2,1-3H3;4-8H,9H2,1-3H3. The maximum Gasteiger partial charge on any atom is 0.0945 e. The van der Waals surface area contributed by atoms with Crippen LogP contribution in [0.5, 0.6) is 0 Å². The molecular formula is C24H35N2P. The molecule has 1 aliphatic rings. The molecule has 0 radical (unpaired) electrons. The van der Waals surface area contributed by atoms with Gasteiger partial charge < -0.3 is 9.80 Å². The molecular weight excluding hydrogens is 347 g/mol. The Morgan fingerprint density at radius 2 is 1.52 bits per heavy atom. The zero-order valence-electron chi connectivity index (χ0n) is 17.8. The summed E-state index contributed by atoms with van der Waals surface area (Å²) in [6.07, 6.45) is 6.45. The van der Waals surface area contributed by atoms with Crippen molar-refractivity contribution < 1.29 is 0 Å². The third-order valence-corrected chi connectivity index (χ3v) is 4.99. The number of benzene rings is 2. The van der Waals surface area contributed by atoms with Crippen molar-refractivity contribution in [3.63, 3.8) is 0 Å². The third-order valence-electron chi connectivity index (χ3n) is 4.53. The lowest BCUT2D eigenvalue weighted by atomic mass is 9.88. The maximum atomic E-state index is 2.76. The largest absolute Gasteiger partial charge is 0.355 e. The minimum Gasteiger partial charge on any atom is -0.355 e. The van der Waals surface area contributed by atoms with Crippen molar-refractivity contribution in [3.8, 4) is 0 Å². The summed E-state index contributed by atoms with van der Waals surface area (Å²) >= 11 is 0. The lowest BCUT2D eigenvalue weighted by Gasteiger charge is -2.24. The van der Waals surface area contributed by atoms with E-state index in [0.717, 1.165) is 19.4 Å². The van der Waals surface area contributed by atoms with Gasteiger partial charge in [0.2, 0.25) is 0 Å². The van der Waals surface area contributed by atoms with Gasteiger partial charge >= 0.3 is 0 Å². The second-order valence-corrected chi connectivity index (χ2v) is 9.02. The fourth-order valence-corrected chi connectivity index (χ4v) is 3.80. The predicted molar refractivity (Wildman–Crippen MR) is 123 cm³/mol. The second kappa shape index (κ2) is 9.42. The quantitative estimate of drug-likeness (QED) is 0.577. The first-order chi connectivity index (χ1) is 12.7. The van der Waals surface area contributed by atoms with Gasteiger partial charge in [-0.3, -0.25) is 0 Å². The highest BCUT2D eigenvalue weighted by Crippen LogP contribution is 2.28. The number of hydrogen-bond acceptors (Lipinski definition) is 2. The van der Waals surface area contributed by atoms with Crippen molar-refractivity contribution in [1.29, 1.82) is 0 Å². The number of nitrogens with zero attached hydrogens (tertiary/aromatic N) is 2. The van der Waals surface area contributed by atoms with Gasteiger partial charge in [-0.05, 0) is 49.3 Å². The molecule has 2 nitrogen and oxygen atoms in total. The van der Waals surface area contributed by atoms with Gasteiger partial charge in [0, 0.05) is 24.4 Å². The Morgan fingerprint density at radius 1 is 0.926 bits per heavy atom. The van der Waals surface area contributed by atoms with Crippen molar-refractivity contribution in [2.45, 2.75) is 48.0 Å². The Balaban J connectivity index is 0.000000208. The molecule has 3 rings (SSSR count). The van der Waals surface area contributed by atoms with Crippen molar-refractivity contribution in [2.75, 3.05) is 17.9 Å². The molecule has 2 aromatic carbocycles. The fraction of sp³-hybridized carbons (Fsp3) is 0.417. The van der Waals surface area contributed by atoms with Gasteiger partial charge in [-0.1, -0.05) is 68.8 Å². The van der Waals surface area contributed by atoms with Crippen LogP contribution >= 0.6 is 9.24 Å². The summed E-state index contributed by atoms with van der Waals surface area (Å²) in [5, 5.41) is 0. The van der Waals surface area contributed by atoms with Gasteiger partial charge in [0.1, 0.15) is 0 Å². The fourth-order valence-electron chi connectivity index (χ4n) is 3.56. The first-order valence-electron chi connectivity index (χ1n) is 9.70. The van der Waals surface area contributed by atoms with Crippen molar-refractivity contribution in [1.82, 2.24) is 4.90 Å². The van der Waals surface area contributed by atoms with Gasteiger partial charge in [0.05, 0.1) is 6.67 Å². The van der Waals surface area contributed by atoms with Crippen LogP contribution in [0.1, 0.15) is 43.0 Å². The topological polar surface area (TPSA) is 6.48 Å². The van der Waals surface area contributed by atoms with Crippen LogP contribution < -0.4 is 4.90 Å². The Hall–Kier alpha value is -1.79. The first-order valence-corrected chi connectivity index (χ1v) is 10.5. The molecule has 0 amide bonds. The Bertz CT molecular complexity index is 737. The molecule has 2 aromatic rings. The van der Waals surface area contributed by atoms with Crippen molar-refractivity contribution in [2.24, 2.45) is 5.41 Å². The Kier molecular flexibility index (Phi) is 7.50. The number of rotatable bonds is 3. The molecule has 1 aliphatic heterocycles. The zero-order valence-corrected chi connectivity index (χ0v) is 18.9. The molecule has 27 heavy (non-hydrogen) atoms. The van der Waals surface area contributed by atoms with E-state index in [-0.39, 0.29) is 0 Å². The average Bonchev–Trinajstić information content (AvgIpc) is 3.02. The number of hydrogen-bond donors (Lipinski definition) is 0. The van der Waals surface area contributed by atoms with Gasteiger partial charge in [-0.25, -0.2) is 0 Å². The first kappa shape index (κ1) is 21.5. The van der Waals surface area contributed by atoms with Crippen LogP contribution in [0.2, 0.25) is 0 Å². The molecule has 0 N–H and O–H groups in total. The molecule has 1 unspecified atom stereocenters. The molecule has 1 heterocycles. The number of aryl methyl sites for hydroxylation is 3. The van der Waals surface area contributed by atoms with E-state index in [2.05, 4.69) is 115 Å². The van der Waals surface area contributed by atoms with E-state index in [0.29, 0.717) is 5.41 Å². The number of anilines is 1. The Labute approximate surface area is 168 Å². The van der Waals surface area contributed by atoms with E-state index < -0.39 is 0 Å². The molecule has 0 bridgehead atoms. The van der Waals surface area contributed by atoms with E-state index in [1.807, 2.05) is 0 Å². The van der Waals surface area contributed by atoms with E-state index in [9.17, 15) is 0 Å². The molecule has 1 atom stereocenters. The van der Waals surface area contributed by atoms with Crippen molar-refractivity contribution in [3.05, 3.63) is 77.1 Å². The maximum absolute atomic E-state index is 2.76. The highest BCUT2D eigenvalue weighted by Gasteiger charge is 2.16. The van der Waals surface area contributed by atoms with Crippen LogP contribution in [0, 0.1) is 26.2 Å². The molecule has 0 spiro atoms. The lowest BCUT2D eigenvalue weighted by Crippen LogP contribution is -2.24. The van der Waals surface area contributed by atoms with Crippen LogP contribution in [0.25, 0.3) is 0 Å². The predicted octanol–water partition coefficient (Wildman–Crippen LogP) is 6.27. The molecule has 0 saturated heterocycles. The third kappa shape index (κ3) is 6.70. The molecule has 0 aliphatic carbocycles. The molecule has 0 fully saturated rings. The van der Waals surface area contributed by atoms with E-state index >= 15 is 0 Å². The molecule has 0 saturated carbocycles. The van der Waals surface area contributed by atoms with Crippen molar-refractivity contribution >= 4 is 14.9 Å². The van der Waals surface area contributed by atoms with Crippen LogP contribution in [-0.2, 0) is 6.42 Å². The summed E-state index contributed by atoms with van der Waals surface area (Å²) in [6.45, 7) is 14.3. The zero-order chi connectivity index (χ0) is 20.0. The second-order valence-electron chi connectivity index (χ2n) is 8.65. The average molecular weight is 383 g/mol. The minimum atomic E-state index is 0.404. The lowest BCUT2D eigenvalue weighted by molar-refractivity contribution is 0.411. The summed E-state index contributed by atoms with van der Waals surface area (Å²) in [5.74, 6) is 0.